The molecular weight excluding hydrogens is 272 g/mol. The first kappa shape index (κ1) is 17.7. The summed E-state index contributed by atoms with van der Waals surface area (Å²) in [4.78, 5) is 0. The van der Waals surface area contributed by atoms with Crippen LogP contribution in [0.3, 0.4) is 0 Å². The Labute approximate surface area is 136 Å². The van der Waals surface area contributed by atoms with Crippen molar-refractivity contribution >= 4 is 0 Å². The molecule has 0 amide bonds. The molecule has 2 N–H and O–H groups in total. The van der Waals surface area contributed by atoms with Gasteiger partial charge in [-0.2, -0.15) is 0 Å². The second-order valence-electron chi connectivity index (χ2n) is 8.91. The fourth-order valence-electron chi connectivity index (χ4n) is 5.55. The van der Waals surface area contributed by atoms with Crippen LogP contribution in [-0.2, 0) is 0 Å². The number of fused-ring (bicyclic) bond motifs is 1. The molecule has 2 fully saturated rings. The summed E-state index contributed by atoms with van der Waals surface area (Å²) < 4.78 is 0. The summed E-state index contributed by atoms with van der Waals surface area (Å²) in [6.45, 7) is 16.8. The van der Waals surface area contributed by atoms with Crippen molar-refractivity contribution in [3.63, 3.8) is 0 Å². The average Bonchev–Trinajstić information content (AvgIpc) is 2.36. The predicted molar refractivity (Wildman–Crippen MR) is 92.5 cm³/mol. The number of aliphatic hydroxyl groups excluding tert-OH is 1. The van der Waals surface area contributed by atoms with Crippen molar-refractivity contribution in [3.05, 3.63) is 24.8 Å². The molecule has 2 heteroatoms. The highest BCUT2D eigenvalue weighted by Gasteiger charge is 2.56. The minimum absolute atomic E-state index is 0.0910. The van der Waals surface area contributed by atoms with Crippen LogP contribution in [0.5, 0.6) is 0 Å². The zero-order valence-electron chi connectivity index (χ0n) is 14.9. The van der Waals surface area contributed by atoms with Gasteiger partial charge in [0.25, 0.3) is 0 Å². The van der Waals surface area contributed by atoms with E-state index in [4.69, 9.17) is 0 Å². The van der Waals surface area contributed by atoms with Crippen molar-refractivity contribution in [1.29, 1.82) is 0 Å². The lowest BCUT2D eigenvalue weighted by atomic mass is 9.46. The minimum atomic E-state index is -0.813. The van der Waals surface area contributed by atoms with Crippen LogP contribution in [0.25, 0.3) is 0 Å². The fraction of sp³-hybridized carbons (Fsp3) is 0.800. The molecule has 22 heavy (non-hydrogen) atoms. The molecule has 126 valence electrons. The van der Waals surface area contributed by atoms with Crippen LogP contribution in [0.2, 0.25) is 0 Å². The van der Waals surface area contributed by atoms with Crippen molar-refractivity contribution in [1.82, 2.24) is 0 Å². The molecule has 0 spiro atoms. The molecule has 0 aromatic heterocycles. The average molecular weight is 306 g/mol. The first-order chi connectivity index (χ1) is 10.0. The molecule has 5 atom stereocenters. The molecule has 2 aliphatic rings. The van der Waals surface area contributed by atoms with Gasteiger partial charge in [-0.15, -0.1) is 6.58 Å². The van der Waals surface area contributed by atoms with Crippen LogP contribution in [0.4, 0.5) is 0 Å². The van der Waals surface area contributed by atoms with E-state index >= 15 is 0 Å². The van der Waals surface area contributed by atoms with E-state index in [1.165, 1.54) is 18.4 Å². The minimum Gasteiger partial charge on any atom is -0.392 e. The quantitative estimate of drug-likeness (QED) is 0.752. The largest absolute Gasteiger partial charge is 0.392 e. The van der Waals surface area contributed by atoms with Crippen LogP contribution < -0.4 is 0 Å². The lowest BCUT2D eigenvalue weighted by Gasteiger charge is -2.59. The van der Waals surface area contributed by atoms with E-state index in [2.05, 4.69) is 33.9 Å². The topological polar surface area (TPSA) is 40.5 Å². The van der Waals surface area contributed by atoms with Crippen LogP contribution in [0.15, 0.2) is 24.8 Å². The third-order valence-electron chi connectivity index (χ3n) is 6.61. The van der Waals surface area contributed by atoms with Gasteiger partial charge in [0.05, 0.1) is 11.7 Å². The molecule has 0 heterocycles. The van der Waals surface area contributed by atoms with Gasteiger partial charge in [-0.05, 0) is 61.7 Å². The molecule has 2 rings (SSSR count). The van der Waals surface area contributed by atoms with Gasteiger partial charge in [0.2, 0.25) is 0 Å². The summed E-state index contributed by atoms with van der Waals surface area (Å²) in [5.74, 6) is 0.699. The summed E-state index contributed by atoms with van der Waals surface area (Å²) in [6, 6.07) is 0. The normalized spacial score (nSPS) is 40.6. The summed E-state index contributed by atoms with van der Waals surface area (Å²) in [5, 5.41) is 21.0. The summed E-state index contributed by atoms with van der Waals surface area (Å²) in [6.07, 6.45) is 7.26. The molecule has 2 nitrogen and oxygen atoms in total. The lowest BCUT2D eigenvalue weighted by Crippen LogP contribution is -2.55. The molecule has 2 saturated carbocycles. The Morgan fingerprint density at radius 1 is 1.32 bits per heavy atom. The molecule has 0 bridgehead atoms. The van der Waals surface area contributed by atoms with Gasteiger partial charge in [-0.3, -0.25) is 0 Å². The number of rotatable bonds is 4. The number of hydrogen-bond donors (Lipinski definition) is 2. The maximum absolute atomic E-state index is 10.7. The molecule has 0 aromatic carbocycles. The van der Waals surface area contributed by atoms with Crippen LogP contribution in [0.1, 0.15) is 66.2 Å². The summed E-state index contributed by atoms with van der Waals surface area (Å²) in [5.41, 5.74) is 0.621. The SMILES string of the molecule is C=C[C@](C)(O)CCC1C(=C)C[C@@H](O)C2C(C)(C)CCCC12C. The van der Waals surface area contributed by atoms with Gasteiger partial charge in [0.1, 0.15) is 0 Å². The van der Waals surface area contributed by atoms with Crippen molar-refractivity contribution in [3.8, 4) is 0 Å². The highest BCUT2D eigenvalue weighted by Crippen LogP contribution is 2.61. The van der Waals surface area contributed by atoms with Crippen molar-refractivity contribution in [2.45, 2.75) is 77.9 Å². The predicted octanol–water partition coefficient (Wildman–Crippen LogP) is 4.47. The zero-order valence-corrected chi connectivity index (χ0v) is 14.9. The van der Waals surface area contributed by atoms with Gasteiger partial charge < -0.3 is 10.2 Å². The standard InChI is InChI=1S/C20H34O2/c1-7-19(5,22)12-9-15-14(2)13-16(21)17-18(3,4)10-8-11-20(15,17)6/h7,15-17,21-22H,1-2,8-13H2,3-6H3/t15?,16-,17?,19+,20?/m1/s1. The van der Waals surface area contributed by atoms with Crippen LogP contribution in [0, 0.1) is 22.7 Å². The van der Waals surface area contributed by atoms with E-state index < -0.39 is 5.60 Å². The van der Waals surface area contributed by atoms with Crippen LogP contribution >= 0.6 is 0 Å². The number of aliphatic hydroxyl groups is 2. The summed E-state index contributed by atoms with van der Waals surface area (Å²) in [7, 11) is 0. The highest BCUT2D eigenvalue weighted by atomic mass is 16.3. The van der Waals surface area contributed by atoms with E-state index in [-0.39, 0.29) is 16.9 Å². The van der Waals surface area contributed by atoms with Gasteiger partial charge >= 0.3 is 0 Å². The van der Waals surface area contributed by atoms with E-state index in [9.17, 15) is 10.2 Å². The Kier molecular flexibility index (Phi) is 4.68. The third kappa shape index (κ3) is 3.05. The maximum Gasteiger partial charge on any atom is 0.0797 e. The van der Waals surface area contributed by atoms with Gasteiger partial charge in [0.15, 0.2) is 0 Å². The number of hydrogen-bond acceptors (Lipinski definition) is 2. The summed E-state index contributed by atoms with van der Waals surface area (Å²) >= 11 is 0. The Hall–Kier alpha value is -0.600. The second kappa shape index (κ2) is 5.79. The molecule has 2 aliphatic carbocycles. The smallest absolute Gasteiger partial charge is 0.0797 e. The van der Waals surface area contributed by atoms with Gasteiger partial charge in [0, 0.05) is 0 Å². The first-order valence-corrected chi connectivity index (χ1v) is 8.75. The van der Waals surface area contributed by atoms with Crippen molar-refractivity contribution in [2.75, 3.05) is 0 Å². The van der Waals surface area contributed by atoms with E-state index in [0.717, 1.165) is 12.8 Å². The highest BCUT2D eigenvalue weighted by molar-refractivity contribution is 5.18. The first-order valence-electron chi connectivity index (χ1n) is 8.75. The molecule has 0 aromatic rings. The third-order valence-corrected chi connectivity index (χ3v) is 6.61. The second-order valence-corrected chi connectivity index (χ2v) is 8.91. The molecule has 3 unspecified atom stereocenters. The molecule has 0 saturated heterocycles. The Balaban J connectivity index is 2.28. The van der Waals surface area contributed by atoms with Crippen LogP contribution in [-0.4, -0.2) is 21.9 Å². The molecular formula is C20H34O2. The van der Waals surface area contributed by atoms with Gasteiger partial charge in [-0.25, -0.2) is 0 Å². The fourth-order valence-corrected chi connectivity index (χ4v) is 5.55. The Morgan fingerprint density at radius 2 is 1.95 bits per heavy atom. The maximum atomic E-state index is 10.7. The van der Waals surface area contributed by atoms with Crippen molar-refractivity contribution < 1.29 is 10.2 Å². The van der Waals surface area contributed by atoms with E-state index in [1.807, 2.05) is 6.92 Å². The zero-order chi connectivity index (χ0) is 16.8. The molecule has 0 radical (unpaired) electrons. The molecule has 0 aliphatic heterocycles. The Morgan fingerprint density at radius 3 is 2.55 bits per heavy atom. The monoisotopic (exact) mass is 306 g/mol. The lowest BCUT2D eigenvalue weighted by molar-refractivity contribution is -0.123. The Bertz CT molecular complexity index is 449. The van der Waals surface area contributed by atoms with Gasteiger partial charge in [-0.1, -0.05) is 45.4 Å². The van der Waals surface area contributed by atoms with Crippen molar-refractivity contribution in [2.24, 2.45) is 22.7 Å². The van der Waals surface area contributed by atoms with E-state index in [0.29, 0.717) is 24.7 Å². The van der Waals surface area contributed by atoms with E-state index in [1.54, 1.807) is 6.08 Å².